The van der Waals surface area contributed by atoms with Crippen LogP contribution < -0.4 is 5.32 Å². The van der Waals surface area contributed by atoms with E-state index in [1.807, 2.05) is 12.1 Å². The van der Waals surface area contributed by atoms with E-state index in [4.69, 9.17) is 0 Å². The van der Waals surface area contributed by atoms with E-state index < -0.39 is 0 Å². The van der Waals surface area contributed by atoms with Crippen LogP contribution in [0.1, 0.15) is 37.7 Å². The summed E-state index contributed by atoms with van der Waals surface area (Å²) in [6.07, 6.45) is 6.60. The Morgan fingerprint density at radius 2 is 2.05 bits per heavy atom. The molecule has 1 aromatic carbocycles. The van der Waals surface area contributed by atoms with Crippen molar-refractivity contribution in [3.05, 3.63) is 29.8 Å². The molecule has 19 heavy (non-hydrogen) atoms. The molecule has 1 heterocycles. The van der Waals surface area contributed by atoms with Gasteiger partial charge < -0.3 is 10.4 Å². The fraction of sp³-hybridized carbons (Fsp3) is 0.625. The Morgan fingerprint density at radius 3 is 2.84 bits per heavy atom. The lowest BCUT2D eigenvalue weighted by Crippen LogP contribution is -2.49. The summed E-state index contributed by atoms with van der Waals surface area (Å²) < 4.78 is 0. The normalized spacial score (nSPS) is 23.6. The zero-order valence-corrected chi connectivity index (χ0v) is 11.6. The van der Waals surface area contributed by atoms with Crippen LogP contribution in [0.5, 0.6) is 5.75 Å². The maximum absolute atomic E-state index is 9.57. The minimum atomic E-state index is 0.368. The summed E-state index contributed by atoms with van der Waals surface area (Å²) in [4.78, 5) is 2.56. The minimum absolute atomic E-state index is 0.368. The van der Waals surface area contributed by atoms with E-state index in [2.05, 4.69) is 16.3 Å². The van der Waals surface area contributed by atoms with Crippen molar-refractivity contribution in [2.45, 2.75) is 44.2 Å². The van der Waals surface area contributed by atoms with Gasteiger partial charge in [-0.25, -0.2) is 0 Å². The van der Waals surface area contributed by atoms with Gasteiger partial charge in [-0.3, -0.25) is 4.90 Å². The average Bonchev–Trinajstić information content (AvgIpc) is 2.73. The highest BCUT2D eigenvalue weighted by molar-refractivity contribution is 5.27. The molecule has 3 heteroatoms. The molecule has 1 saturated heterocycles. The van der Waals surface area contributed by atoms with Crippen molar-refractivity contribution in [2.75, 3.05) is 19.6 Å². The highest BCUT2D eigenvalue weighted by Gasteiger charge is 2.36. The lowest BCUT2D eigenvalue weighted by molar-refractivity contribution is 0.203. The smallest absolute Gasteiger partial charge is 0.115 e. The molecule has 3 rings (SSSR count). The fourth-order valence-corrected chi connectivity index (χ4v) is 3.65. The number of hydrogen-bond donors (Lipinski definition) is 2. The molecular weight excluding hydrogens is 236 g/mol. The molecule has 2 aliphatic rings. The third-order valence-corrected chi connectivity index (χ3v) is 4.55. The predicted molar refractivity (Wildman–Crippen MR) is 77.2 cm³/mol. The zero-order chi connectivity index (χ0) is 13.1. The van der Waals surface area contributed by atoms with Gasteiger partial charge in [-0.15, -0.1) is 0 Å². The molecule has 0 amide bonds. The van der Waals surface area contributed by atoms with E-state index in [-0.39, 0.29) is 0 Å². The molecule has 2 N–H and O–H groups in total. The number of nitrogens with zero attached hydrogens (tertiary/aromatic N) is 1. The van der Waals surface area contributed by atoms with Crippen molar-refractivity contribution >= 4 is 0 Å². The van der Waals surface area contributed by atoms with Crippen LogP contribution in [-0.4, -0.2) is 35.2 Å². The Bertz CT molecular complexity index is 427. The Hall–Kier alpha value is -1.06. The molecule has 3 nitrogen and oxygen atoms in total. The Labute approximate surface area is 115 Å². The number of nitrogens with one attached hydrogen (secondary N) is 1. The van der Waals surface area contributed by atoms with E-state index in [0.29, 0.717) is 11.3 Å². The molecule has 0 aromatic heterocycles. The lowest BCUT2D eigenvalue weighted by Gasteiger charge is -2.33. The van der Waals surface area contributed by atoms with Gasteiger partial charge in [0.05, 0.1) is 0 Å². The van der Waals surface area contributed by atoms with Gasteiger partial charge in [0.1, 0.15) is 5.75 Å². The minimum Gasteiger partial charge on any atom is -0.508 e. The molecule has 0 bridgehead atoms. The zero-order valence-electron chi connectivity index (χ0n) is 11.6. The van der Waals surface area contributed by atoms with Gasteiger partial charge in [-0.2, -0.15) is 0 Å². The first-order chi connectivity index (χ1) is 9.26. The molecule has 1 saturated carbocycles. The van der Waals surface area contributed by atoms with Crippen LogP contribution in [0.2, 0.25) is 0 Å². The Kier molecular flexibility index (Phi) is 3.76. The SMILES string of the molecule is Oc1cccc(CN2CCCNC3(CCCC3)C2)c1. The first kappa shape index (κ1) is 12.9. The fourth-order valence-electron chi connectivity index (χ4n) is 3.65. The summed E-state index contributed by atoms with van der Waals surface area (Å²) in [5.41, 5.74) is 1.59. The maximum Gasteiger partial charge on any atom is 0.115 e. The summed E-state index contributed by atoms with van der Waals surface area (Å²) in [7, 11) is 0. The molecule has 104 valence electrons. The van der Waals surface area contributed by atoms with E-state index in [1.54, 1.807) is 6.07 Å². The van der Waals surface area contributed by atoms with Crippen LogP contribution in [-0.2, 0) is 6.54 Å². The average molecular weight is 260 g/mol. The largest absolute Gasteiger partial charge is 0.508 e. The van der Waals surface area contributed by atoms with Gasteiger partial charge in [-0.05, 0) is 50.0 Å². The molecule has 1 aliphatic carbocycles. The lowest BCUT2D eigenvalue weighted by atomic mass is 9.97. The standard InChI is InChI=1S/C16H24N2O/c19-15-6-3-5-14(11-15)12-18-10-4-9-17-16(13-18)7-1-2-8-16/h3,5-6,11,17,19H,1-2,4,7-10,12-13H2. The summed E-state index contributed by atoms with van der Waals surface area (Å²) in [5, 5.41) is 13.4. The number of benzene rings is 1. The van der Waals surface area contributed by atoms with E-state index in [9.17, 15) is 5.11 Å². The quantitative estimate of drug-likeness (QED) is 0.857. The number of rotatable bonds is 2. The van der Waals surface area contributed by atoms with Gasteiger partial charge in [0.15, 0.2) is 0 Å². The van der Waals surface area contributed by atoms with Crippen molar-refractivity contribution in [1.82, 2.24) is 10.2 Å². The molecule has 1 aliphatic heterocycles. The van der Waals surface area contributed by atoms with Crippen molar-refractivity contribution < 1.29 is 5.11 Å². The Morgan fingerprint density at radius 1 is 1.21 bits per heavy atom. The summed E-state index contributed by atoms with van der Waals surface area (Å²) in [6.45, 7) is 4.42. The van der Waals surface area contributed by atoms with Crippen LogP contribution in [0.25, 0.3) is 0 Å². The van der Waals surface area contributed by atoms with Crippen LogP contribution >= 0.6 is 0 Å². The number of aromatic hydroxyl groups is 1. The van der Waals surface area contributed by atoms with Crippen molar-refractivity contribution in [3.63, 3.8) is 0 Å². The molecule has 2 fully saturated rings. The molecule has 0 unspecified atom stereocenters. The van der Waals surface area contributed by atoms with E-state index in [0.717, 1.165) is 26.2 Å². The van der Waals surface area contributed by atoms with Crippen LogP contribution in [0, 0.1) is 0 Å². The van der Waals surface area contributed by atoms with Crippen molar-refractivity contribution in [2.24, 2.45) is 0 Å². The molecule has 1 aromatic rings. The topological polar surface area (TPSA) is 35.5 Å². The molecule has 0 radical (unpaired) electrons. The van der Waals surface area contributed by atoms with Crippen molar-refractivity contribution in [3.8, 4) is 5.75 Å². The third-order valence-electron chi connectivity index (χ3n) is 4.55. The second-order valence-electron chi connectivity index (χ2n) is 6.15. The highest BCUT2D eigenvalue weighted by atomic mass is 16.3. The van der Waals surface area contributed by atoms with E-state index >= 15 is 0 Å². The summed E-state index contributed by atoms with van der Waals surface area (Å²) >= 11 is 0. The summed E-state index contributed by atoms with van der Waals surface area (Å²) in [6, 6.07) is 7.68. The van der Waals surface area contributed by atoms with Crippen LogP contribution in [0.4, 0.5) is 0 Å². The third kappa shape index (κ3) is 3.10. The second-order valence-corrected chi connectivity index (χ2v) is 6.15. The van der Waals surface area contributed by atoms with E-state index in [1.165, 1.54) is 37.7 Å². The molecule has 1 spiro atoms. The van der Waals surface area contributed by atoms with Gasteiger partial charge in [0.2, 0.25) is 0 Å². The maximum atomic E-state index is 9.57. The van der Waals surface area contributed by atoms with Gasteiger partial charge in [0, 0.05) is 18.6 Å². The number of phenolic OH excluding ortho intramolecular Hbond substituents is 1. The number of hydrogen-bond acceptors (Lipinski definition) is 3. The van der Waals surface area contributed by atoms with Gasteiger partial charge >= 0.3 is 0 Å². The summed E-state index contributed by atoms with van der Waals surface area (Å²) in [5.74, 6) is 0.376. The van der Waals surface area contributed by atoms with Crippen LogP contribution in [0.3, 0.4) is 0 Å². The first-order valence-corrected chi connectivity index (χ1v) is 7.51. The first-order valence-electron chi connectivity index (χ1n) is 7.51. The van der Waals surface area contributed by atoms with Gasteiger partial charge in [-0.1, -0.05) is 25.0 Å². The van der Waals surface area contributed by atoms with Gasteiger partial charge in [0.25, 0.3) is 0 Å². The number of phenols is 1. The predicted octanol–water partition coefficient (Wildman–Crippen LogP) is 2.50. The monoisotopic (exact) mass is 260 g/mol. The second kappa shape index (κ2) is 5.51. The molecule has 0 atom stereocenters. The Balaban J connectivity index is 1.69. The molecular formula is C16H24N2O. The highest BCUT2D eigenvalue weighted by Crippen LogP contribution is 2.32. The van der Waals surface area contributed by atoms with Crippen molar-refractivity contribution in [1.29, 1.82) is 0 Å². The van der Waals surface area contributed by atoms with Crippen LogP contribution in [0.15, 0.2) is 24.3 Å².